The minimum Gasteiger partial charge on any atom is -0.508 e. The molecule has 4 rings (SSSR count). The first-order valence-corrected chi connectivity index (χ1v) is 9.25. The summed E-state index contributed by atoms with van der Waals surface area (Å²) >= 11 is 6.10. The summed E-state index contributed by atoms with van der Waals surface area (Å²) in [6.07, 6.45) is 1.81. The Morgan fingerprint density at radius 1 is 1.04 bits per heavy atom. The number of phenolic OH excluding ortho intramolecular Hbond substituents is 1. The highest BCUT2D eigenvalue weighted by molar-refractivity contribution is 6.31. The van der Waals surface area contributed by atoms with Gasteiger partial charge in [0, 0.05) is 54.9 Å². The predicted octanol–water partition coefficient (Wildman–Crippen LogP) is 4.01. The average molecular weight is 368 g/mol. The van der Waals surface area contributed by atoms with Crippen LogP contribution in [-0.2, 0) is 6.54 Å². The van der Waals surface area contributed by atoms with Crippen molar-refractivity contribution in [3.8, 4) is 16.9 Å². The van der Waals surface area contributed by atoms with Gasteiger partial charge in [-0.05, 0) is 48.5 Å². The van der Waals surface area contributed by atoms with E-state index in [-0.39, 0.29) is 0 Å². The lowest BCUT2D eigenvalue weighted by molar-refractivity contribution is 0.147. The van der Waals surface area contributed by atoms with E-state index in [1.807, 2.05) is 30.3 Å². The van der Waals surface area contributed by atoms with Gasteiger partial charge in [0.1, 0.15) is 5.75 Å². The van der Waals surface area contributed by atoms with Crippen molar-refractivity contribution < 1.29 is 5.11 Å². The second-order valence-corrected chi connectivity index (χ2v) is 7.38. The van der Waals surface area contributed by atoms with E-state index in [0.717, 1.165) is 60.3 Å². The van der Waals surface area contributed by atoms with E-state index in [0.29, 0.717) is 10.8 Å². The van der Waals surface area contributed by atoms with Gasteiger partial charge in [0.25, 0.3) is 0 Å². The summed E-state index contributed by atoms with van der Waals surface area (Å²) in [7, 11) is 2.15. The van der Waals surface area contributed by atoms with E-state index >= 15 is 0 Å². The lowest BCUT2D eigenvalue weighted by Crippen LogP contribution is -2.43. The van der Waals surface area contributed by atoms with Gasteiger partial charge in [0.2, 0.25) is 0 Å². The molecule has 4 nitrogen and oxygen atoms in total. The molecule has 5 heteroatoms. The van der Waals surface area contributed by atoms with Crippen LogP contribution in [0.15, 0.2) is 48.7 Å². The molecular formula is C21H22ClN3O. The third-order valence-corrected chi connectivity index (χ3v) is 5.32. The van der Waals surface area contributed by atoms with Crippen LogP contribution in [-0.4, -0.2) is 53.1 Å². The monoisotopic (exact) mass is 367 g/mol. The van der Waals surface area contributed by atoms with Crippen molar-refractivity contribution in [1.82, 2.24) is 14.8 Å². The molecule has 134 valence electrons. The van der Waals surface area contributed by atoms with Gasteiger partial charge in [0.05, 0.1) is 5.52 Å². The number of halogens is 1. The van der Waals surface area contributed by atoms with Crippen molar-refractivity contribution in [1.29, 1.82) is 0 Å². The molecule has 0 unspecified atom stereocenters. The summed E-state index contributed by atoms with van der Waals surface area (Å²) in [6, 6.07) is 13.6. The Bertz CT molecular complexity index is 936. The summed E-state index contributed by atoms with van der Waals surface area (Å²) in [5.41, 5.74) is 4.03. The number of fused-ring (bicyclic) bond motifs is 1. The molecule has 0 amide bonds. The summed E-state index contributed by atoms with van der Waals surface area (Å²) in [4.78, 5) is 9.15. The number of benzene rings is 2. The van der Waals surface area contributed by atoms with Crippen LogP contribution < -0.4 is 0 Å². The zero-order valence-electron chi connectivity index (χ0n) is 14.8. The van der Waals surface area contributed by atoms with Crippen LogP contribution in [0.5, 0.6) is 5.75 Å². The van der Waals surface area contributed by atoms with Crippen LogP contribution in [0.2, 0.25) is 5.02 Å². The molecule has 0 radical (unpaired) electrons. The fourth-order valence-corrected chi connectivity index (χ4v) is 3.67. The molecular weight excluding hydrogens is 346 g/mol. The van der Waals surface area contributed by atoms with Crippen LogP contribution in [0.4, 0.5) is 0 Å². The highest BCUT2D eigenvalue weighted by atomic mass is 35.5. The minimum atomic E-state index is 0.356. The van der Waals surface area contributed by atoms with Crippen molar-refractivity contribution in [3.05, 3.63) is 59.2 Å². The molecule has 1 aliphatic heterocycles. The fraction of sp³-hybridized carbons (Fsp3) is 0.286. The molecule has 2 heterocycles. The highest BCUT2D eigenvalue weighted by Gasteiger charge is 2.16. The minimum absolute atomic E-state index is 0.356. The van der Waals surface area contributed by atoms with Crippen molar-refractivity contribution in [2.75, 3.05) is 33.2 Å². The van der Waals surface area contributed by atoms with Crippen molar-refractivity contribution in [3.63, 3.8) is 0 Å². The largest absolute Gasteiger partial charge is 0.508 e. The van der Waals surface area contributed by atoms with E-state index < -0.39 is 0 Å². The van der Waals surface area contributed by atoms with E-state index in [9.17, 15) is 5.11 Å². The molecule has 0 aliphatic carbocycles. The van der Waals surface area contributed by atoms with Crippen LogP contribution in [0.1, 0.15) is 5.56 Å². The number of hydrogen-bond donors (Lipinski definition) is 1. The second-order valence-electron chi connectivity index (χ2n) is 6.94. The third kappa shape index (κ3) is 3.54. The normalized spacial score (nSPS) is 16.2. The standard InChI is InChI=1S/C21H22ClN3O/c1-24-8-10-25(11-9-24)14-16-12-15(2-5-21(16)26)18-6-7-23-20-13-17(22)3-4-19(18)20/h2-7,12-13,26H,8-11,14H2,1H3. The van der Waals surface area contributed by atoms with Gasteiger partial charge in [0.15, 0.2) is 0 Å². The zero-order valence-corrected chi connectivity index (χ0v) is 15.6. The summed E-state index contributed by atoms with van der Waals surface area (Å²) < 4.78 is 0. The SMILES string of the molecule is CN1CCN(Cc2cc(-c3ccnc4cc(Cl)ccc34)ccc2O)CC1. The molecule has 26 heavy (non-hydrogen) atoms. The van der Waals surface area contributed by atoms with Crippen LogP contribution in [0.3, 0.4) is 0 Å². The van der Waals surface area contributed by atoms with Crippen LogP contribution in [0.25, 0.3) is 22.0 Å². The van der Waals surface area contributed by atoms with E-state index in [2.05, 4.69) is 27.9 Å². The van der Waals surface area contributed by atoms with E-state index in [1.165, 1.54) is 0 Å². The number of phenols is 1. The van der Waals surface area contributed by atoms with Gasteiger partial charge in [-0.3, -0.25) is 9.88 Å². The topological polar surface area (TPSA) is 39.6 Å². The molecule has 0 spiro atoms. The number of aromatic hydroxyl groups is 1. The van der Waals surface area contributed by atoms with Gasteiger partial charge in [-0.25, -0.2) is 0 Å². The number of pyridine rings is 1. The zero-order chi connectivity index (χ0) is 18.1. The molecule has 2 aromatic carbocycles. The fourth-order valence-electron chi connectivity index (χ4n) is 3.50. The number of piperazine rings is 1. The molecule has 1 saturated heterocycles. The molecule has 1 N–H and O–H groups in total. The van der Waals surface area contributed by atoms with Gasteiger partial charge in [-0.1, -0.05) is 23.7 Å². The maximum Gasteiger partial charge on any atom is 0.120 e. The first kappa shape index (κ1) is 17.3. The lowest BCUT2D eigenvalue weighted by atomic mass is 9.99. The predicted molar refractivity (Wildman–Crippen MR) is 107 cm³/mol. The maximum absolute atomic E-state index is 10.3. The smallest absolute Gasteiger partial charge is 0.120 e. The third-order valence-electron chi connectivity index (χ3n) is 5.09. The Kier molecular flexibility index (Phi) is 4.81. The maximum atomic E-state index is 10.3. The highest BCUT2D eigenvalue weighted by Crippen LogP contribution is 2.32. The number of likely N-dealkylation sites (N-methyl/N-ethyl adjacent to an activating group) is 1. The second kappa shape index (κ2) is 7.23. The van der Waals surface area contributed by atoms with Crippen molar-refractivity contribution in [2.45, 2.75) is 6.54 Å². The number of rotatable bonds is 3. The summed E-state index contributed by atoms with van der Waals surface area (Å²) in [6.45, 7) is 4.95. The molecule has 3 aromatic rings. The van der Waals surface area contributed by atoms with E-state index in [1.54, 1.807) is 12.3 Å². The first-order valence-electron chi connectivity index (χ1n) is 8.87. The molecule has 0 saturated carbocycles. The quantitative estimate of drug-likeness (QED) is 0.759. The first-order chi connectivity index (χ1) is 12.6. The van der Waals surface area contributed by atoms with Gasteiger partial charge >= 0.3 is 0 Å². The number of aromatic nitrogens is 1. The van der Waals surface area contributed by atoms with Crippen molar-refractivity contribution in [2.24, 2.45) is 0 Å². The Hall–Kier alpha value is -2.14. The summed E-state index contributed by atoms with van der Waals surface area (Å²) in [5.74, 6) is 0.356. The number of nitrogens with zero attached hydrogens (tertiary/aromatic N) is 3. The molecule has 1 fully saturated rings. The number of hydrogen-bond acceptors (Lipinski definition) is 4. The van der Waals surface area contributed by atoms with Gasteiger partial charge in [-0.15, -0.1) is 0 Å². The van der Waals surface area contributed by atoms with Crippen LogP contribution in [0, 0.1) is 0 Å². The van der Waals surface area contributed by atoms with Gasteiger partial charge < -0.3 is 10.0 Å². The molecule has 0 bridgehead atoms. The lowest BCUT2D eigenvalue weighted by Gasteiger charge is -2.32. The Morgan fingerprint density at radius 3 is 2.65 bits per heavy atom. The Labute approximate surface area is 158 Å². The van der Waals surface area contributed by atoms with Gasteiger partial charge in [-0.2, -0.15) is 0 Å². The molecule has 1 aromatic heterocycles. The van der Waals surface area contributed by atoms with Crippen LogP contribution >= 0.6 is 11.6 Å². The molecule has 0 atom stereocenters. The average Bonchev–Trinajstić information content (AvgIpc) is 2.64. The Balaban J connectivity index is 1.68. The molecule has 1 aliphatic rings. The van der Waals surface area contributed by atoms with E-state index in [4.69, 9.17) is 11.6 Å². The van der Waals surface area contributed by atoms with Crippen molar-refractivity contribution >= 4 is 22.5 Å². The summed E-state index contributed by atoms with van der Waals surface area (Å²) in [5, 5.41) is 12.1. The Morgan fingerprint density at radius 2 is 1.85 bits per heavy atom.